The Bertz CT molecular complexity index is 947. The lowest BCUT2D eigenvalue weighted by Crippen LogP contribution is -2.38. The number of rotatable bonds is 12. The molecule has 0 saturated heterocycles. The van der Waals surface area contributed by atoms with E-state index in [4.69, 9.17) is 4.74 Å². The van der Waals surface area contributed by atoms with Crippen LogP contribution in [0.25, 0.3) is 11.0 Å². The first-order chi connectivity index (χ1) is 16.5. The maximum absolute atomic E-state index is 13.8. The average Bonchev–Trinajstić information content (AvgIpc) is 3.28. The largest absolute Gasteiger partial charge is 0.383 e. The van der Waals surface area contributed by atoms with E-state index in [1.54, 1.807) is 13.4 Å². The summed E-state index contributed by atoms with van der Waals surface area (Å²) in [6.45, 7) is 11.4. The van der Waals surface area contributed by atoms with E-state index in [0.29, 0.717) is 43.0 Å². The Hall–Kier alpha value is -2.45. The number of hydrogen-bond donors (Lipinski definition) is 1. The number of likely N-dealkylation sites (N-methyl/N-ethyl adjacent to an activating group) is 2. The first-order valence-corrected chi connectivity index (χ1v) is 12.8. The summed E-state index contributed by atoms with van der Waals surface area (Å²) in [6.07, 6.45) is 7.01. The number of ether oxygens (including phenoxy) is 1. The van der Waals surface area contributed by atoms with Crippen LogP contribution in [0.4, 0.5) is 5.69 Å². The Labute approximate surface area is 203 Å². The van der Waals surface area contributed by atoms with Crippen LogP contribution in [-0.2, 0) is 16.1 Å². The molecule has 1 aromatic carbocycles. The highest BCUT2D eigenvalue weighted by atomic mass is 16.5. The molecular weight excluding hydrogens is 430 g/mol. The molecular formula is C26H41N5O3. The van der Waals surface area contributed by atoms with Crippen molar-refractivity contribution >= 4 is 28.5 Å². The molecule has 0 bridgehead atoms. The number of anilines is 1. The Morgan fingerprint density at radius 3 is 2.47 bits per heavy atom. The minimum atomic E-state index is -0.0346. The summed E-state index contributed by atoms with van der Waals surface area (Å²) in [5, 5.41) is 3.09. The third-order valence-electron chi connectivity index (χ3n) is 6.97. The van der Waals surface area contributed by atoms with Gasteiger partial charge in [0.05, 0.1) is 29.5 Å². The molecule has 1 fully saturated rings. The smallest absolute Gasteiger partial charge is 0.256 e. The maximum atomic E-state index is 13.8. The molecule has 0 spiro atoms. The standard InChI is InChI=1S/C26H41N5O3/c1-5-29(6-2)13-14-30(7-3)26(33)22-17-21(28-25(32)20-11-9-8-10-12-20)18-23-24(22)31(19-27-23)15-16-34-4/h17-20H,5-16H2,1-4H3,(H,28,32). The van der Waals surface area contributed by atoms with Gasteiger partial charge < -0.3 is 24.4 Å². The van der Waals surface area contributed by atoms with E-state index < -0.39 is 0 Å². The zero-order valence-corrected chi connectivity index (χ0v) is 21.3. The predicted octanol–water partition coefficient (Wildman–Crippen LogP) is 4.01. The first kappa shape index (κ1) is 26.2. The minimum absolute atomic E-state index is 0.0346. The third kappa shape index (κ3) is 6.36. The lowest BCUT2D eigenvalue weighted by Gasteiger charge is -2.26. The number of nitrogens with one attached hydrogen (secondary N) is 1. The molecule has 0 radical (unpaired) electrons. The number of fused-ring (bicyclic) bond motifs is 1. The second kappa shape index (κ2) is 12.9. The molecule has 1 aromatic heterocycles. The highest BCUT2D eigenvalue weighted by Crippen LogP contribution is 2.28. The van der Waals surface area contributed by atoms with Crippen LogP contribution < -0.4 is 5.32 Å². The van der Waals surface area contributed by atoms with Crippen molar-refractivity contribution in [2.75, 3.05) is 51.8 Å². The monoisotopic (exact) mass is 471 g/mol. The van der Waals surface area contributed by atoms with Gasteiger partial charge in [-0.05, 0) is 45.0 Å². The van der Waals surface area contributed by atoms with Crippen LogP contribution in [0.2, 0.25) is 0 Å². The number of carbonyl (C=O) groups is 2. The van der Waals surface area contributed by atoms with Gasteiger partial charge in [-0.3, -0.25) is 9.59 Å². The fourth-order valence-electron chi connectivity index (χ4n) is 4.79. The molecule has 188 valence electrons. The number of amides is 2. The van der Waals surface area contributed by atoms with Crippen molar-refractivity contribution < 1.29 is 14.3 Å². The molecule has 1 aliphatic carbocycles. The molecule has 8 heteroatoms. The van der Waals surface area contributed by atoms with Crippen molar-refractivity contribution in [3.8, 4) is 0 Å². The van der Waals surface area contributed by atoms with Gasteiger partial charge in [-0.25, -0.2) is 4.98 Å². The predicted molar refractivity (Wildman–Crippen MR) is 136 cm³/mol. The zero-order chi connectivity index (χ0) is 24.5. The lowest BCUT2D eigenvalue weighted by atomic mass is 9.88. The number of aromatic nitrogens is 2. The highest BCUT2D eigenvalue weighted by Gasteiger charge is 2.24. The van der Waals surface area contributed by atoms with Gasteiger partial charge >= 0.3 is 0 Å². The Kier molecular flexibility index (Phi) is 9.89. The van der Waals surface area contributed by atoms with Gasteiger partial charge in [0, 0.05) is 44.9 Å². The van der Waals surface area contributed by atoms with Crippen molar-refractivity contribution in [3.05, 3.63) is 24.0 Å². The van der Waals surface area contributed by atoms with Crippen LogP contribution in [0, 0.1) is 5.92 Å². The summed E-state index contributed by atoms with van der Waals surface area (Å²) in [7, 11) is 1.66. The van der Waals surface area contributed by atoms with E-state index in [-0.39, 0.29) is 17.7 Å². The molecule has 1 aliphatic rings. The zero-order valence-electron chi connectivity index (χ0n) is 21.3. The maximum Gasteiger partial charge on any atom is 0.256 e. The van der Waals surface area contributed by atoms with Crippen LogP contribution in [0.1, 0.15) is 63.2 Å². The summed E-state index contributed by atoms with van der Waals surface area (Å²) in [5.74, 6) is 0.0572. The summed E-state index contributed by atoms with van der Waals surface area (Å²) in [6, 6.07) is 3.71. The summed E-state index contributed by atoms with van der Waals surface area (Å²) >= 11 is 0. The molecule has 0 atom stereocenters. The van der Waals surface area contributed by atoms with Crippen LogP contribution in [0.5, 0.6) is 0 Å². The topological polar surface area (TPSA) is 79.7 Å². The number of benzene rings is 1. The molecule has 0 unspecified atom stereocenters. The number of hydrogen-bond acceptors (Lipinski definition) is 5. The molecule has 34 heavy (non-hydrogen) atoms. The number of carbonyl (C=O) groups excluding carboxylic acids is 2. The SMILES string of the molecule is CCN(CC)CCN(CC)C(=O)c1cc(NC(=O)C2CCCCC2)cc2ncn(CCOC)c12. The molecule has 2 aromatic rings. The second-order valence-electron chi connectivity index (χ2n) is 9.06. The number of nitrogens with zero attached hydrogens (tertiary/aromatic N) is 4. The van der Waals surface area contributed by atoms with E-state index in [1.807, 2.05) is 28.5 Å². The van der Waals surface area contributed by atoms with Crippen LogP contribution >= 0.6 is 0 Å². The van der Waals surface area contributed by atoms with Gasteiger partial charge in [-0.15, -0.1) is 0 Å². The van der Waals surface area contributed by atoms with Gasteiger partial charge in [0.15, 0.2) is 0 Å². The van der Waals surface area contributed by atoms with E-state index in [1.165, 1.54) is 6.42 Å². The molecule has 1 N–H and O–H groups in total. The van der Waals surface area contributed by atoms with Crippen LogP contribution in [-0.4, -0.2) is 77.6 Å². The van der Waals surface area contributed by atoms with Gasteiger partial charge in [0.1, 0.15) is 0 Å². The van der Waals surface area contributed by atoms with Gasteiger partial charge in [0.2, 0.25) is 5.91 Å². The first-order valence-electron chi connectivity index (χ1n) is 12.8. The highest BCUT2D eigenvalue weighted by molar-refractivity contribution is 6.07. The minimum Gasteiger partial charge on any atom is -0.383 e. The average molecular weight is 472 g/mol. The lowest BCUT2D eigenvalue weighted by molar-refractivity contribution is -0.120. The number of imidazole rings is 1. The Morgan fingerprint density at radius 2 is 1.82 bits per heavy atom. The van der Waals surface area contributed by atoms with E-state index in [0.717, 1.165) is 50.8 Å². The fourth-order valence-corrected chi connectivity index (χ4v) is 4.79. The van der Waals surface area contributed by atoms with Crippen molar-refractivity contribution in [2.24, 2.45) is 5.92 Å². The van der Waals surface area contributed by atoms with Crippen molar-refractivity contribution in [2.45, 2.75) is 59.4 Å². The third-order valence-corrected chi connectivity index (χ3v) is 6.97. The van der Waals surface area contributed by atoms with E-state index in [9.17, 15) is 9.59 Å². The van der Waals surface area contributed by atoms with E-state index in [2.05, 4.69) is 29.0 Å². The van der Waals surface area contributed by atoms with Crippen molar-refractivity contribution in [1.82, 2.24) is 19.4 Å². The molecule has 2 amide bonds. The summed E-state index contributed by atoms with van der Waals surface area (Å²) in [4.78, 5) is 35.4. The summed E-state index contributed by atoms with van der Waals surface area (Å²) < 4.78 is 7.23. The van der Waals surface area contributed by atoms with Crippen LogP contribution in [0.15, 0.2) is 18.5 Å². The Balaban J connectivity index is 1.92. The fraction of sp³-hybridized carbons (Fsp3) is 0.654. The van der Waals surface area contributed by atoms with Crippen molar-refractivity contribution in [1.29, 1.82) is 0 Å². The van der Waals surface area contributed by atoms with Gasteiger partial charge in [-0.1, -0.05) is 33.1 Å². The normalized spacial score (nSPS) is 14.6. The Morgan fingerprint density at radius 1 is 1.09 bits per heavy atom. The quantitative estimate of drug-likeness (QED) is 0.506. The van der Waals surface area contributed by atoms with Gasteiger partial charge in [0.25, 0.3) is 5.91 Å². The molecule has 3 rings (SSSR count). The number of methoxy groups -OCH3 is 1. The van der Waals surface area contributed by atoms with E-state index >= 15 is 0 Å². The van der Waals surface area contributed by atoms with Gasteiger partial charge in [-0.2, -0.15) is 0 Å². The molecule has 0 aliphatic heterocycles. The molecule has 1 heterocycles. The van der Waals surface area contributed by atoms with Crippen molar-refractivity contribution in [3.63, 3.8) is 0 Å². The second-order valence-corrected chi connectivity index (χ2v) is 9.06. The van der Waals surface area contributed by atoms with Crippen LogP contribution in [0.3, 0.4) is 0 Å². The molecule has 8 nitrogen and oxygen atoms in total. The molecule has 1 saturated carbocycles. The summed E-state index contributed by atoms with van der Waals surface area (Å²) in [5.41, 5.74) is 2.72.